The molecule has 0 aliphatic carbocycles. The molecular weight excluding hydrogens is 302 g/mol. The molecule has 0 radical (unpaired) electrons. The van der Waals surface area contributed by atoms with Crippen LogP contribution in [0.4, 0.5) is 0 Å². The van der Waals surface area contributed by atoms with Gasteiger partial charge in [-0.2, -0.15) is 5.10 Å². The Morgan fingerprint density at radius 3 is 2.58 bits per heavy atom. The molecule has 3 nitrogen and oxygen atoms in total. The van der Waals surface area contributed by atoms with Crippen LogP contribution in [0.25, 0.3) is 0 Å². The van der Waals surface area contributed by atoms with Crippen LogP contribution < -0.4 is 5.32 Å². The number of hydrogen-bond acceptors (Lipinski definition) is 2. The van der Waals surface area contributed by atoms with E-state index in [0.717, 1.165) is 25.2 Å². The summed E-state index contributed by atoms with van der Waals surface area (Å²) in [5.41, 5.74) is 2.43. The largest absolute Gasteiger partial charge is 0.314 e. The van der Waals surface area contributed by atoms with E-state index in [4.69, 9.17) is 0 Å². The first-order valence-corrected chi connectivity index (χ1v) is 8.38. The van der Waals surface area contributed by atoms with Crippen molar-refractivity contribution in [3.05, 3.63) is 15.9 Å². The maximum Gasteiger partial charge on any atom is 0.0738 e. The second kappa shape index (κ2) is 8.75. The number of unbranched alkanes of at least 4 members (excludes halogenated alkanes) is 2. The van der Waals surface area contributed by atoms with Crippen LogP contribution in [0.3, 0.4) is 0 Å². The summed E-state index contributed by atoms with van der Waals surface area (Å²) in [6, 6.07) is 0.564. The van der Waals surface area contributed by atoms with Gasteiger partial charge in [0.05, 0.1) is 15.9 Å². The Bertz CT molecular complexity index is 374. The van der Waals surface area contributed by atoms with E-state index in [1.54, 1.807) is 0 Å². The van der Waals surface area contributed by atoms with E-state index in [-0.39, 0.29) is 0 Å². The molecule has 4 heteroatoms. The number of hydrogen-bond donors (Lipinski definition) is 1. The Kier molecular flexibility index (Phi) is 7.69. The number of nitrogens with one attached hydrogen (secondary N) is 1. The minimum atomic E-state index is 0.564. The third-order valence-corrected chi connectivity index (χ3v) is 4.57. The van der Waals surface area contributed by atoms with Crippen molar-refractivity contribution >= 4 is 15.9 Å². The van der Waals surface area contributed by atoms with Gasteiger partial charge in [-0.3, -0.25) is 4.68 Å². The highest BCUT2D eigenvalue weighted by molar-refractivity contribution is 9.10. The van der Waals surface area contributed by atoms with Gasteiger partial charge in [0.15, 0.2) is 0 Å². The number of nitrogens with zero attached hydrogens (tertiary/aromatic N) is 2. The molecular formula is C15H28BrN3. The van der Waals surface area contributed by atoms with E-state index in [9.17, 15) is 0 Å². The summed E-state index contributed by atoms with van der Waals surface area (Å²) in [7, 11) is 0. The fourth-order valence-electron chi connectivity index (χ4n) is 2.50. The number of aromatic nitrogens is 2. The van der Waals surface area contributed by atoms with Gasteiger partial charge in [-0.1, -0.05) is 33.1 Å². The summed E-state index contributed by atoms with van der Waals surface area (Å²) >= 11 is 3.69. The summed E-state index contributed by atoms with van der Waals surface area (Å²) in [6.07, 6.45) is 6.24. The minimum absolute atomic E-state index is 0.564. The lowest BCUT2D eigenvalue weighted by atomic mass is 10.0. The van der Waals surface area contributed by atoms with Gasteiger partial charge in [0.1, 0.15) is 0 Å². The van der Waals surface area contributed by atoms with Crippen molar-refractivity contribution in [1.29, 1.82) is 0 Å². The summed E-state index contributed by atoms with van der Waals surface area (Å²) in [5.74, 6) is 0. The molecule has 1 aromatic rings. The van der Waals surface area contributed by atoms with Crippen molar-refractivity contribution in [2.24, 2.45) is 0 Å². The Balaban J connectivity index is 2.72. The molecule has 1 aromatic heterocycles. The molecule has 1 unspecified atom stereocenters. The Hall–Kier alpha value is -0.350. The number of aryl methyl sites for hydroxylation is 2. The Morgan fingerprint density at radius 1 is 1.26 bits per heavy atom. The van der Waals surface area contributed by atoms with Gasteiger partial charge in [0, 0.05) is 19.0 Å². The molecule has 0 saturated heterocycles. The third-order valence-electron chi connectivity index (χ3n) is 3.54. The normalized spacial score (nSPS) is 12.9. The average molecular weight is 330 g/mol. The topological polar surface area (TPSA) is 29.9 Å². The zero-order chi connectivity index (χ0) is 14.3. The summed E-state index contributed by atoms with van der Waals surface area (Å²) in [6.45, 7) is 10.6. The number of rotatable bonds is 9. The van der Waals surface area contributed by atoms with E-state index < -0.39 is 0 Å². The van der Waals surface area contributed by atoms with Crippen LogP contribution in [0, 0.1) is 6.92 Å². The standard InChI is InChI=1S/C15H28BrN3/c1-5-8-9-10-13(17-6-2)11-14-15(16)12(4)18-19(14)7-3/h13,17H,5-11H2,1-4H3. The molecule has 0 aromatic carbocycles. The Labute approximate surface area is 126 Å². The van der Waals surface area contributed by atoms with Crippen molar-refractivity contribution in [2.45, 2.75) is 72.4 Å². The highest BCUT2D eigenvalue weighted by Crippen LogP contribution is 2.23. The van der Waals surface area contributed by atoms with Gasteiger partial charge in [-0.05, 0) is 42.7 Å². The monoisotopic (exact) mass is 329 g/mol. The minimum Gasteiger partial charge on any atom is -0.314 e. The lowest BCUT2D eigenvalue weighted by Crippen LogP contribution is -2.31. The molecule has 0 spiro atoms. The molecule has 1 rings (SSSR count). The van der Waals surface area contributed by atoms with E-state index in [2.05, 4.69) is 58.7 Å². The van der Waals surface area contributed by atoms with Crippen molar-refractivity contribution in [1.82, 2.24) is 15.1 Å². The lowest BCUT2D eigenvalue weighted by molar-refractivity contribution is 0.451. The molecule has 0 saturated carbocycles. The molecule has 0 bridgehead atoms. The molecule has 19 heavy (non-hydrogen) atoms. The average Bonchev–Trinajstić information content (AvgIpc) is 2.67. The van der Waals surface area contributed by atoms with Gasteiger partial charge in [0.2, 0.25) is 0 Å². The molecule has 1 heterocycles. The second-order valence-electron chi connectivity index (χ2n) is 5.12. The van der Waals surface area contributed by atoms with Gasteiger partial charge < -0.3 is 5.32 Å². The van der Waals surface area contributed by atoms with Crippen LogP contribution in [0.2, 0.25) is 0 Å². The third kappa shape index (κ3) is 4.92. The quantitative estimate of drug-likeness (QED) is 0.692. The summed E-state index contributed by atoms with van der Waals surface area (Å²) in [4.78, 5) is 0. The van der Waals surface area contributed by atoms with E-state index in [0.29, 0.717) is 6.04 Å². The van der Waals surface area contributed by atoms with Crippen molar-refractivity contribution in [3.8, 4) is 0 Å². The number of likely N-dealkylation sites (N-methyl/N-ethyl adjacent to an activating group) is 1. The smallest absolute Gasteiger partial charge is 0.0738 e. The summed E-state index contributed by atoms with van der Waals surface area (Å²) < 4.78 is 3.32. The maximum atomic E-state index is 4.58. The highest BCUT2D eigenvalue weighted by atomic mass is 79.9. The van der Waals surface area contributed by atoms with E-state index in [1.807, 2.05) is 0 Å². The zero-order valence-electron chi connectivity index (χ0n) is 12.8. The van der Waals surface area contributed by atoms with Crippen LogP contribution >= 0.6 is 15.9 Å². The summed E-state index contributed by atoms with van der Waals surface area (Å²) in [5, 5.41) is 8.20. The maximum absolute atomic E-state index is 4.58. The first-order chi connectivity index (χ1) is 9.13. The van der Waals surface area contributed by atoms with Crippen LogP contribution in [-0.2, 0) is 13.0 Å². The molecule has 110 valence electrons. The van der Waals surface area contributed by atoms with Gasteiger partial charge in [0.25, 0.3) is 0 Å². The predicted octanol–water partition coefficient (Wildman–Crippen LogP) is 4.07. The molecule has 1 N–H and O–H groups in total. The van der Waals surface area contributed by atoms with E-state index >= 15 is 0 Å². The van der Waals surface area contributed by atoms with Gasteiger partial charge >= 0.3 is 0 Å². The van der Waals surface area contributed by atoms with Crippen molar-refractivity contribution in [2.75, 3.05) is 6.54 Å². The molecule has 1 atom stereocenters. The molecule has 0 fully saturated rings. The van der Waals surface area contributed by atoms with Crippen LogP contribution in [0.1, 0.15) is 57.8 Å². The first kappa shape index (κ1) is 16.7. The Morgan fingerprint density at radius 2 is 2.00 bits per heavy atom. The molecule has 0 amide bonds. The van der Waals surface area contributed by atoms with Crippen molar-refractivity contribution < 1.29 is 0 Å². The first-order valence-electron chi connectivity index (χ1n) is 7.59. The van der Waals surface area contributed by atoms with Crippen LogP contribution in [0.5, 0.6) is 0 Å². The fraction of sp³-hybridized carbons (Fsp3) is 0.800. The van der Waals surface area contributed by atoms with Gasteiger partial charge in [-0.15, -0.1) is 0 Å². The highest BCUT2D eigenvalue weighted by Gasteiger charge is 2.16. The second-order valence-corrected chi connectivity index (χ2v) is 5.91. The molecule has 0 aliphatic rings. The lowest BCUT2D eigenvalue weighted by Gasteiger charge is -2.18. The van der Waals surface area contributed by atoms with Crippen molar-refractivity contribution in [3.63, 3.8) is 0 Å². The fourth-order valence-corrected chi connectivity index (χ4v) is 2.95. The zero-order valence-corrected chi connectivity index (χ0v) is 14.4. The van der Waals surface area contributed by atoms with E-state index in [1.165, 1.54) is 35.8 Å². The predicted molar refractivity (Wildman–Crippen MR) is 85.6 cm³/mol. The van der Waals surface area contributed by atoms with Gasteiger partial charge in [-0.25, -0.2) is 0 Å². The number of halogens is 1. The molecule has 0 aliphatic heterocycles. The van der Waals surface area contributed by atoms with Crippen LogP contribution in [-0.4, -0.2) is 22.4 Å². The van der Waals surface area contributed by atoms with Crippen LogP contribution in [0.15, 0.2) is 4.47 Å². The SMILES string of the molecule is CCCCCC(Cc1c(Br)c(C)nn1CC)NCC.